The van der Waals surface area contributed by atoms with E-state index < -0.39 is 17.3 Å². The molecule has 3 aromatic carbocycles. The lowest BCUT2D eigenvalue weighted by molar-refractivity contribution is 0.414. The van der Waals surface area contributed by atoms with Crippen LogP contribution in [0.25, 0.3) is 16.9 Å². The van der Waals surface area contributed by atoms with Gasteiger partial charge >= 0.3 is 5.69 Å². The van der Waals surface area contributed by atoms with Gasteiger partial charge in [-0.1, -0.05) is 24.3 Å². The number of nitrogens with one attached hydrogen (secondary N) is 1. The molecule has 2 aromatic heterocycles. The number of halogens is 3. The largest absolute Gasteiger partial charge is 0.497 e. The van der Waals surface area contributed by atoms with Crippen LogP contribution in [0.1, 0.15) is 24.1 Å². The van der Waals surface area contributed by atoms with E-state index in [1.165, 1.54) is 40.6 Å². The Labute approximate surface area is 209 Å². The SMILES string of the molecule is COc1cccc(-n2c(=O)n(Cc3c(F)cccc3F)c3cnc(NC(C)c4ccc(F)cc4)nc32)c1. The maximum atomic E-state index is 14.4. The molecule has 7 nitrogen and oxygen atoms in total. The van der Waals surface area contributed by atoms with Crippen molar-refractivity contribution < 1.29 is 17.9 Å². The molecule has 10 heteroatoms. The first-order valence-electron chi connectivity index (χ1n) is 11.4. The Kier molecular flexibility index (Phi) is 6.39. The number of imidazole rings is 1. The highest BCUT2D eigenvalue weighted by atomic mass is 19.1. The Morgan fingerprint density at radius 2 is 1.70 bits per heavy atom. The van der Waals surface area contributed by atoms with E-state index >= 15 is 0 Å². The van der Waals surface area contributed by atoms with Gasteiger partial charge in [0.25, 0.3) is 0 Å². The minimum Gasteiger partial charge on any atom is -0.497 e. The normalized spacial score (nSPS) is 12.0. The van der Waals surface area contributed by atoms with Crippen molar-refractivity contribution in [2.75, 3.05) is 12.4 Å². The summed E-state index contributed by atoms with van der Waals surface area (Å²) in [6.45, 7) is 1.51. The van der Waals surface area contributed by atoms with Crippen LogP contribution in [-0.4, -0.2) is 26.2 Å². The summed E-state index contributed by atoms with van der Waals surface area (Å²) in [5, 5.41) is 3.15. The molecule has 0 aliphatic carbocycles. The van der Waals surface area contributed by atoms with Crippen molar-refractivity contribution >= 4 is 17.1 Å². The van der Waals surface area contributed by atoms with Crippen LogP contribution in [0.4, 0.5) is 19.1 Å². The zero-order chi connectivity index (χ0) is 26.1. The molecule has 1 N–H and O–H groups in total. The number of benzene rings is 3. The number of aromatic nitrogens is 4. The van der Waals surface area contributed by atoms with Crippen molar-refractivity contribution in [2.45, 2.75) is 19.5 Å². The lowest BCUT2D eigenvalue weighted by Crippen LogP contribution is -2.24. The molecule has 5 rings (SSSR count). The molecule has 0 saturated heterocycles. The number of rotatable bonds is 7. The van der Waals surface area contributed by atoms with Gasteiger partial charge in [0.2, 0.25) is 5.95 Å². The van der Waals surface area contributed by atoms with Crippen LogP contribution in [0.15, 0.2) is 77.7 Å². The van der Waals surface area contributed by atoms with Crippen molar-refractivity contribution in [1.82, 2.24) is 19.1 Å². The molecule has 0 bridgehead atoms. The Morgan fingerprint density at radius 3 is 2.41 bits per heavy atom. The van der Waals surface area contributed by atoms with Crippen molar-refractivity contribution in [1.29, 1.82) is 0 Å². The molecule has 5 aromatic rings. The second-order valence-corrected chi connectivity index (χ2v) is 8.43. The van der Waals surface area contributed by atoms with E-state index in [2.05, 4.69) is 15.3 Å². The number of hydrogen-bond acceptors (Lipinski definition) is 5. The van der Waals surface area contributed by atoms with Crippen molar-refractivity contribution in [3.8, 4) is 11.4 Å². The van der Waals surface area contributed by atoms with Gasteiger partial charge < -0.3 is 10.1 Å². The van der Waals surface area contributed by atoms with E-state index in [1.807, 2.05) is 6.92 Å². The molecular weight excluding hydrogens is 483 g/mol. The Morgan fingerprint density at radius 1 is 1.00 bits per heavy atom. The van der Waals surface area contributed by atoms with Gasteiger partial charge in [-0.15, -0.1) is 0 Å². The first-order valence-corrected chi connectivity index (χ1v) is 11.4. The summed E-state index contributed by atoms with van der Waals surface area (Å²) >= 11 is 0. The van der Waals surface area contributed by atoms with Crippen LogP contribution in [0.5, 0.6) is 5.75 Å². The number of ether oxygens (including phenoxy) is 1. The van der Waals surface area contributed by atoms with Gasteiger partial charge in [0.15, 0.2) is 5.65 Å². The summed E-state index contributed by atoms with van der Waals surface area (Å²) in [5.74, 6) is -1.13. The Hall–Kier alpha value is -4.60. The van der Waals surface area contributed by atoms with Gasteiger partial charge in [0.1, 0.15) is 28.7 Å². The van der Waals surface area contributed by atoms with E-state index in [0.717, 1.165) is 17.7 Å². The van der Waals surface area contributed by atoms with Gasteiger partial charge in [-0.3, -0.25) is 4.57 Å². The minimum absolute atomic E-state index is 0.218. The third-order valence-corrected chi connectivity index (χ3v) is 6.08. The van der Waals surface area contributed by atoms with Crippen LogP contribution in [0, 0.1) is 17.5 Å². The lowest BCUT2D eigenvalue weighted by Gasteiger charge is -2.14. The molecule has 188 valence electrons. The highest BCUT2D eigenvalue weighted by Gasteiger charge is 2.21. The van der Waals surface area contributed by atoms with E-state index in [4.69, 9.17) is 4.74 Å². The monoisotopic (exact) mass is 505 g/mol. The van der Waals surface area contributed by atoms with Gasteiger partial charge in [-0.2, -0.15) is 4.98 Å². The fourth-order valence-corrected chi connectivity index (χ4v) is 4.11. The molecule has 0 spiro atoms. The second-order valence-electron chi connectivity index (χ2n) is 8.43. The van der Waals surface area contributed by atoms with Crippen LogP contribution in [0.3, 0.4) is 0 Å². The summed E-state index contributed by atoms with van der Waals surface area (Å²) in [6, 6.07) is 16.1. The van der Waals surface area contributed by atoms with Gasteiger partial charge in [0, 0.05) is 11.6 Å². The summed E-state index contributed by atoms with van der Waals surface area (Å²) in [7, 11) is 1.51. The van der Waals surface area contributed by atoms with Crippen molar-refractivity contribution in [3.05, 3.63) is 112 Å². The summed E-state index contributed by atoms with van der Waals surface area (Å²) in [6.07, 6.45) is 1.43. The summed E-state index contributed by atoms with van der Waals surface area (Å²) < 4.78 is 50.1. The van der Waals surface area contributed by atoms with E-state index in [9.17, 15) is 18.0 Å². The molecular formula is C27H22F3N5O2. The number of methoxy groups -OCH3 is 1. The third kappa shape index (κ3) is 4.65. The lowest BCUT2D eigenvalue weighted by atomic mass is 10.1. The first kappa shape index (κ1) is 24.1. The number of hydrogen-bond donors (Lipinski definition) is 1. The number of fused-ring (bicyclic) bond motifs is 1. The van der Waals surface area contributed by atoms with Crippen molar-refractivity contribution in [2.24, 2.45) is 0 Å². The predicted molar refractivity (Wildman–Crippen MR) is 134 cm³/mol. The summed E-state index contributed by atoms with van der Waals surface area (Å²) in [5.41, 5.74) is 0.987. The second kappa shape index (κ2) is 9.81. The molecule has 37 heavy (non-hydrogen) atoms. The average Bonchev–Trinajstić information content (AvgIpc) is 3.16. The molecule has 0 saturated carbocycles. The highest BCUT2D eigenvalue weighted by molar-refractivity contribution is 5.74. The van der Waals surface area contributed by atoms with Crippen molar-refractivity contribution in [3.63, 3.8) is 0 Å². The average molecular weight is 506 g/mol. The third-order valence-electron chi connectivity index (χ3n) is 6.08. The molecule has 0 fully saturated rings. The van der Waals surface area contributed by atoms with E-state index in [1.54, 1.807) is 36.4 Å². The van der Waals surface area contributed by atoms with E-state index in [0.29, 0.717) is 11.4 Å². The van der Waals surface area contributed by atoms with Crippen LogP contribution in [0.2, 0.25) is 0 Å². The van der Waals surface area contributed by atoms with Crippen LogP contribution < -0.4 is 15.7 Å². The highest BCUT2D eigenvalue weighted by Crippen LogP contribution is 2.24. The first-order chi connectivity index (χ1) is 17.9. The smallest absolute Gasteiger partial charge is 0.335 e. The fourth-order valence-electron chi connectivity index (χ4n) is 4.11. The molecule has 1 unspecified atom stereocenters. The summed E-state index contributed by atoms with van der Waals surface area (Å²) in [4.78, 5) is 22.5. The zero-order valence-electron chi connectivity index (χ0n) is 20.0. The van der Waals surface area contributed by atoms with E-state index in [-0.39, 0.29) is 41.1 Å². The van der Waals surface area contributed by atoms with Crippen LogP contribution in [-0.2, 0) is 6.54 Å². The Balaban J connectivity index is 1.64. The molecule has 0 amide bonds. The number of nitrogens with zero attached hydrogens (tertiary/aromatic N) is 4. The Bertz CT molecular complexity index is 1630. The topological polar surface area (TPSA) is 74.0 Å². The zero-order valence-corrected chi connectivity index (χ0v) is 20.0. The standard InChI is InChI=1S/C27H22F3N5O2/c1-16(17-9-11-18(28)12-10-17)32-26-31-14-24-25(33-26)35(19-5-3-6-20(13-19)37-2)27(36)34(24)15-21-22(29)7-4-8-23(21)30/h3-14,16H,15H2,1-2H3,(H,31,32,33). The van der Waals surface area contributed by atoms with Crippen LogP contribution >= 0.6 is 0 Å². The maximum Gasteiger partial charge on any atom is 0.335 e. The van der Waals surface area contributed by atoms with Gasteiger partial charge in [-0.25, -0.2) is 27.5 Å². The fraction of sp³-hybridized carbons (Fsp3) is 0.148. The van der Waals surface area contributed by atoms with Gasteiger partial charge in [0.05, 0.1) is 31.6 Å². The molecule has 0 aliphatic rings. The molecule has 1 atom stereocenters. The minimum atomic E-state index is -0.762. The quantitative estimate of drug-likeness (QED) is 0.328. The molecule has 2 heterocycles. The molecule has 0 radical (unpaired) electrons. The maximum absolute atomic E-state index is 14.4. The number of anilines is 1. The predicted octanol–water partition coefficient (Wildman–Crippen LogP) is 5.23. The van der Waals surface area contributed by atoms with Gasteiger partial charge in [-0.05, 0) is 48.9 Å². The molecule has 0 aliphatic heterocycles.